The Morgan fingerprint density at radius 3 is 2.30 bits per heavy atom. The zero-order valence-electron chi connectivity index (χ0n) is 18.0. The van der Waals surface area contributed by atoms with E-state index in [1.54, 1.807) is 0 Å². The molecule has 0 aromatic heterocycles. The van der Waals surface area contributed by atoms with Gasteiger partial charge in [0.1, 0.15) is 0 Å². The van der Waals surface area contributed by atoms with Gasteiger partial charge in [0.2, 0.25) is 11.8 Å². The smallest absolute Gasteiger partial charge is 0.253 e. The second kappa shape index (κ2) is 11.1. The van der Waals surface area contributed by atoms with Gasteiger partial charge in [-0.25, -0.2) is 0 Å². The van der Waals surface area contributed by atoms with Gasteiger partial charge in [0.05, 0.1) is 13.1 Å². The molecule has 1 aromatic rings. The molecule has 2 saturated heterocycles. The molecule has 2 aliphatic heterocycles. The fourth-order valence-corrected chi connectivity index (χ4v) is 4.37. The third kappa shape index (κ3) is 6.05. The van der Waals surface area contributed by atoms with Crippen molar-refractivity contribution in [3.63, 3.8) is 0 Å². The maximum atomic E-state index is 12.7. The lowest BCUT2D eigenvalue weighted by molar-refractivity contribution is -0.132. The third-order valence-corrected chi connectivity index (χ3v) is 6.04. The first-order valence-electron chi connectivity index (χ1n) is 11.2. The number of hydrogen-bond acceptors (Lipinski definition) is 4. The van der Waals surface area contributed by atoms with Crippen LogP contribution >= 0.6 is 0 Å². The Morgan fingerprint density at radius 1 is 1.00 bits per heavy atom. The number of hydrogen-bond donors (Lipinski definition) is 1. The molecule has 3 amide bonds. The zero-order valence-corrected chi connectivity index (χ0v) is 18.0. The summed E-state index contributed by atoms with van der Waals surface area (Å²) in [6.45, 7) is 6.34. The van der Waals surface area contributed by atoms with Gasteiger partial charge in [0.25, 0.3) is 5.91 Å². The highest BCUT2D eigenvalue weighted by Crippen LogP contribution is 2.19. The summed E-state index contributed by atoms with van der Waals surface area (Å²) in [5.41, 5.74) is 0.725. The second-order valence-electron chi connectivity index (χ2n) is 8.22. The van der Waals surface area contributed by atoms with Crippen LogP contribution in [0.25, 0.3) is 0 Å². The van der Waals surface area contributed by atoms with Gasteiger partial charge in [-0.05, 0) is 50.8 Å². The van der Waals surface area contributed by atoms with E-state index in [0.29, 0.717) is 19.6 Å². The van der Waals surface area contributed by atoms with Crippen molar-refractivity contribution >= 4 is 17.7 Å². The molecule has 7 heteroatoms. The molecule has 164 valence electrons. The average molecular weight is 415 g/mol. The van der Waals surface area contributed by atoms with Gasteiger partial charge in [0.15, 0.2) is 0 Å². The van der Waals surface area contributed by atoms with E-state index >= 15 is 0 Å². The predicted octanol–water partition coefficient (Wildman–Crippen LogP) is 1.74. The van der Waals surface area contributed by atoms with E-state index < -0.39 is 0 Å². The van der Waals surface area contributed by atoms with Gasteiger partial charge in [-0.1, -0.05) is 25.1 Å². The van der Waals surface area contributed by atoms with Crippen LogP contribution in [-0.2, 0) is 9.59 Å². The quantitative estimate of drug-likeness (QED) is 0.703. The number of benzene rings is 1. The van der Waals surface area contributed by atoms with Crippen molar-refractivity contribution in [1.29, 1.82) is 0 Å². The number of likely N-dealkylation sites (tertiary alicyclic amines) is 2. The maximum absolute atomic E-state index is 12.7. The Hall–Kier alpha value is -2.41. The number of carbonyl (C=O) groups excluding carboxylic acids is 3. The molecule has 0 unspecified atom stereocenters. The summed E-state index contributed by atoms with van der Waals surface area (Å²) in [5, 5.41) is 2.80. The van der Waals surface area contributed by atoms with E-state index in [4.69, 9.17) is 0 Å². The minimum absolute atomic E-state index is 0.00984. The van der Waals surface area contributed by atoms with Crippen LogP contribution in [0.2, 0.25) is 0 Å². The number of nitrogens with one attached hydrogen (secondary N) is 1. The van der Waals surface area contributed by atoms with Gasteiger partial charge < -0.3 is 15.1 Å². The van der Waals surface area contributed by atoms with E-state index in [1.165, 1.54) is 0 Å². The van der Waals surface area contributed by atoms with Crippen LogP contribution in [0.1, 0.15) is 49.4 Å². The van der Waals surface area contributed by atoms with Crippen molar-refractivity contribution in [2.24, 2.45) is 0 Å². The molecular weight excluding hydrogens is 380 g/mol. The van der Waals surface area contributed by atoms with Gasteiger partial charge in [0, 0.05) is 37.8 Å². The van der Waals surface area contributed by atoms with E-state index in [2.05, 4.69) is 17.1 Å². The number of rotatable bonds is 8. The summed E-state index contributed by atoms with van der Waals surface area (Å²) < 4.78 is 0. The van der Waals surface area contributed by atoms with E-state index in [0.717, 1.165) is 57.3 Å². The van der Waals surface area contributed by atoms with Gasteiger partial charge in [-0.2, -0.15) is 0 Å². The monoisotopic (exact) mass is 414 g/mol. The molecule has 0 bridgehead atoms. The Balaban J connectivity index is 1.46. The van der Waals surface area contributed by atoms with Gasteiger partial charge >= 0.3 is 0 Å². The van der Waals surface area contributed by atoms with Crippen LogP contribution in [0.4, 0.5) is 0 Å². The fourth-order valence-electron chi connectivity index (χ4n) is 4.37. The predicted molar refractivity (Wildman–Crippen MR) is 116 cm³/mol. The van der Waals surface area contributed by atoms with Crippen LogP contribution in [0, 0.1) is 0 Å². The third-order valence-electron chi connectivity index (χ3n) is 6.04. The van der Waals surface area contributed by atoms with Crippen molar-refractivity contribution in [2.45, 2.75) is 45.1 Å². The van der Waals surface area contributed by atoms with E-state index in [9.17, 15) is 14.4 Å². The van der Waals surface area contributed by atoms with Crippen molar-refractivity contribution in [2.75, 3.05) is 45.8 Å². The van der Waals surface area contributed by atoms with Gasteiger partial charge in [-0.3, -0.25) is 19.3 Å². The lowest BCUT2D eigenvalue weighted by atomic mass is 10.0. The van der Waals surface area contributed by atoms with Gasteiger partial charge in [-0.15, -0.1) is 0 Å². The Morgan fingerprint density at radius 2 is 1.67 bits per heavy atom. The molecule has 1 aromatic carbocycles. The van der Waals surface area contributed by atoms with Crippen molar-refractivity contribution in [3.8, 4) is 0 Å². The molecule has 30 heavy (non-hydrogen) atoms. The first-order valence-corrected chi connectivity index (χ1v) is 11.2. The number of nitrogens with zero attached hydrogens (tertiary/aromatic N) is 3. The summed E-state index contributed by atoms with van der Waals surface area (Å²) >= 11 is 0. The molecule has 3 rings (SSSR count). The average Bonchev–Trinajstić information content (AvgIpc) is 3.32. The standard InChI is InChI=1S/C23H34N4O3/c1-2-12-27(18-21(28)24-17-22(29)25-13-6-7-14-25)20-10-15-26(16-11-20)23(30)19-8-4-3-5-9-19/h3-5,8-9,20H,2,6-7,10-18H2,1H3,(H,24,28). The Bertz CT molecular complexity index is 710. The van der Waals surface area contributed by atoms with Crippen LogP contribution in [-0.4, -0.2) is 84.3 Å². The fraction of sp³-hybridized carbons (Fsp3) is 0.609. The van der Waals surface area contributed by atoms with Crippen LogP contribution in [0.3, 0.4) is 0 Å². The van der Waals surface area contributed by atoms with E-state index in [1.807, 2.05) is 40.1 Å². The van der Waals surface area contributed by atoms with Crippen molar-refractivity contribution < 1.29 is 14.4 Å². The minimum Gasteiger partial charge on any atom is -0.346 e. The highest BCUT2D eigenvalue weighted by atomic mass is 16.2. The van der Waals surface area contributed by atoms with Crippen LogP contribution < -0.4 is 5.32 Å². The SMILES string of the molecule is CCCN(CC(=O)NCC(=O)N1CCCC1)C1CCN(C(=O)c2ccccc2)CC1. The highest BCUT2D eigenvalue weighted by Gasteiger charge is 2.28. The second-order valence-corrected chi connectivity index (χ2v) is 8.22. The highest BCUT2D eigenvalue weighted by molar-refractivity contribution is 5.94. The van der Waals surface area contributed by atoms with Crippen molar-refractivity contribution in [1.82, 2.24) is 20.0 Å². The molecule has 0 radical (unpaired) electrons. The molecule has 0 saturated carbocycles. The lowest BCUT2D eigenvalue weighted by Crippen LogP contribution is -2.50. The summed E-state index contributed by atoms with van der Waals surface area (Å²) in [7, 11) is 0. The molecule has 2 fully saturated rings. The van der Waals surface area contributed by atoms with E-state index in [-0.39, 0.29) is 30.3 Å². The van der Waals surface area contributed by atoms with Crippen molar-refractivity contribution in [3.05, 3.63) is 35.9 Å². The topological polar surface area (TPSA) is 73.0 Å². The summed E-state index contributed by atoms with van der Waals surface area (Å²) in [6.07, 6.45) is 4.78. The molecule has 1 N–H and O–H groups in total. The minimum atomic E-state index is -0.0983. The summed E-state index contributed by atoms with van der Waals surface area (Å²) in [6, 6.07) is 9.67. The van der Waals surface area contributed by atoms with Crippen LogP contribution in [0.15, 0.2) is 30.3 Å². The number of carbonyl (C=O) groups is 3. The largest absolute Gasteiger partial charge is 0.346 e. The molecule has 0 aliphatic carbocycles. The normalized spacial score (nSPS) is 17.4. The zero-order chi connectivity index (χ0) is 21.3. The Labute approximate surface area is 179 Å². The summed E-state index contributed by atoms with van der Waals surface area (Å²) in [4.78, 5) is 43.2. The first kappa shape index (κ1) is 22.3. The molecule has 7 nitrogen and oxygen atoms in total. The molecular formula is C23H34N4O3. The lowest BCUT2D eigenvalue weighted by Gasteiger charge is -2.38. The molecule has 2 aliphatic rings. The molecule has 0 atom stereocenters. The number of piperidine rings is 1. The first-order chi connectivity index (χ1) is 14.6. The Kier molecular flexibility index (Phi) is 8.25. The molecule has 2 heterocycles. The summed E-state index contributed by atoms with van der Waals surface area (Å²) in [5.74, 6) is -0.0105. The maximum Gasteiger partial charge on any atom is 0.253 e. The molecule has 0 spiro atoms. The number of amides is 3. The van der Waals surface area contributed by atoms with Crippen LogP contribution in [0.5, 0.6) is 0 Å².